The van der Waals surface area contributed by atoms with Crippen LogP contribution in [0.25, 0.3) is 0 Å². The minimum absolute atomic E-state index is 0.175. The Morgan fingerprint density at radius 2 is 2.04 bits per heavy atom. The fraction of sp³-hybridized carbons (Fsp3) is 0.688. The zero-order valence-electron chi connectivity index (χ0n) is 13.1. The Morgan fingerprint density at radius 1 is 1.30 bits per heavy atom. The van der Waals surface area contributed by atoms with Crippen molar-refractivity contribution in [2.24, 2.45) is 5.92 Å². The van der Waals surface area contributed by atoms with Crippen molar-refractivity contribution >= 4 is 0 Å². The van der Waals surface area contributed by atoms with Gasteiger partial charge in [-0.15, -0.1) is 0 Å². The van der Waals surface area contributed by atoms with Gasteiger partial charge in [0.05, 0.1) is 18.8 Å². The fourth-order valence-electron chi connectivity index (χ4n) is 3.22. The lowest BCUT2D eigenvalue weighted by Crippen LogP contribution is -2.33. The lowest BCUT2D eigenvalue weighted by molar-refractivity contribution is -0.143. The molecule has 2 fully saturated rings. The van der Waals surface area contributed by atoms with Gasteiger partial charge in [0, 0.05) is 19.3 Å². The molecule has 1 atom stereocenters. The Labute approximate surface area is 133 Å². The molecule has 7 heteroatoms. The van der Waals surface area contributed by atoms with Gasteiger partial charge in [-0.3, -0.25) is 9.88 Å². The number of aromatic nitrogens is 1. The van der Waals surface area contributed by atoms with E-state index in [-0.39, 0.29) is 18.9 Å². The third-order valence-electron chi connectivity index (χ3n) is 4.27. The van der Waals surface area contributed by atoms with Crippen molar-refractivity contribution < 1.29 is 22.6 Å². The first kappa shape index (κ1) is 16.7. The molecule has 4 nitrogen and oxygen atoms in total. The summed E-state index contributed by atoms with van der Waals surface area (Å²) in [6.07, 6.45) is -1.71. The van der Waals surface area contributed by atoms with Gasteiger partial charge in [-0.1, -0.05) is 6.92 Å². The zero-order chi connectivity index (χ0) is 16.4. The van der Waals surface area contributed by atoms with E-state index in [0.717, 1.165) is 19.5 Å². The number of rotatable bonds is 3. The number of piperidine rings is 1. The minimum atomic E-state index is -4.47. The number of pyridine rings is 1. The largest absolute Gasteiger partial charge is 0.418 e. The topological polar surface area (TPSA) is 34.6 Å². The number of hydrogen-bond donors (Lipinski definition) is 0. The second kappa shape index (κ2) is 6.75. The summed E-state index contributed by atoms with van der Waals surface area (Å²) in [4.78, 5) is 6.20. The summed E-state index contributed by atoms with van der Waals surface area (Å²) in [6.45, 7) is 5.07. The van der Waals surface area contributed by atoms with Crippen LogP contribution in [0.4, 0.5) is 13.2 Å². The number of halogens is 3. The van der Waals surface area contributed by atoms with Gasteiger partial charge >= 0.3 is 6.18 Å². The average Bonchev–Trinajstić information content (AvgIpc) is 3.00. The van der Waals surface area contributed by atoms with Gasteiger partial charge < -0.3 is 9.47 Å². The quantitative estimate of drug-likeness (QED) is 0.851. The molecule has 1 aromatic heterocycles. The van der Waals surface area contributed by atoms with Crippen LogP contribution in [0.3, 0.4) is 0 Å². The maximum Gasteiger partial charge on any atom is 0.418 e. The van der Waals surface area contributed by atoms with Gasteiger partial charge in [0.1, 0.15) is 5.69 Å². The minimum Gasteiger partial charge on any atom is -0.345 e. The van der Waals surface area contributed by atoms with Gasteiger partial charge in [-0.2, -0.15) is 13.2 Å². The number of ether oxygens (including phenoxy) is 2. The molecule has 2 saturated heterocycles. The first-order chi connectivity index (χ1) is 10.9. The van der Waals surface area contributed by atoms with Crippen molar-refractivity contribution in [1.29, 1.82) is 0 Å². The van der Waals surface area contributed by atoms with E-state index in [1.165, 1.54) is 18.7 Å². The molecule has 128 valence electrons. The molecule has 0 aromatic carbocycles. The molecule has 0 aliphatic carbocycles. The smallest absolute Gasteiger partial charge is 0.345 e. The summed E-state index contributed by atoms with van der Waals surface area (Å²) in [6, 6.07) is 1.19. The lowest BCUT2D eigenvalue weighted by Gasteiger charge is -2.31. The van der Waals surface area contributed by atoms with E-state index in [2.05, 4.69) is 16.8 Å². The predicted molar refractivity (Wildman–Crippen MR) is 77.6 cm³/mol. The standard InChI is InChI=1S/C16H21F3N2O2/c1-11-3-2-4-21(9-11)10-12-7-13(16(17,18)19)14(20-8-12)15-22-5-6-23-15/h7-8,11,15H,2-6,9-10H2,1H3/t11-/m0/s1. The fourth-order valence-corrected chi connectivity index (χ4v) is 3.22. The zero-order valence-corrected chi connectivity index (χ0v) is 13.1. The van der Waals surface area contributed by atoms with Crippen LogP contribution >= 0.6 is 0 Å². The van der Waals surface area contributed by atoms with Crippen molar-refractivity contribution in [2.75, 3.05) is 26.3 Å². The summed E-state index contributed by atoms with van der Waals surface area (Å²) < 4.78 is 50.4. The van der Waals surface area contributed by atoms with Crippen LogP contribution in [0, 0.1) is 5.92 Å². The Bertz CT molecular complexity index is 545. The molecule has 0 unspecified atom stereocenters. The first-order valence-electron chi connectivity index (χ1n) is 7.95. The molecule has 0 radical (unpaired) electrons. The van der Waals surface area contributed by atoms with Gasteiger partial charge in [0.15, 0.2) is 0 Å². The Balaban J connectivity index is 1.82. The normalized spacial score (nSPS) is 24.3. The van der Waals surface area contributed by atoms with Crippen molar-refractivity contribution in [1.82, 2.24) is 9.88 Å². The highest BCUT2D eigenvalue weighted by molar-refractivity contribution is 5.29. The molecule has 0 bridgehead atoms. The summed E-state index contributed by atoms with van der Waals surface area (Å²) in [5, 5.41) is 0. The van der Waals surface area contributed by atoms with Crippen LogP contribution in [0.1, 0.15) is 42.9 Å². The third-order valence-corrected chi connectivity index (χ3v) is 4.27. The first-order valence-corrected chi connectivity index (χ1v) is 7.95. The van der Waals surface area contributed by atoms with E-state index in [4.69, 9.17) is 9.47 Å². The van der Waals surface area contributed by atoms with E-state index in [0.29, 0.717) is 18.0 Å². The van der Waals surface area contributed by atoms with Crippen LogP contribution in [-0.4, -0.2) is 36.2 Å². The predicted octanol–water partition coefficient (Wildman–Crippen LogP) is 3.38. The second-order valence-corrected chi connectivity index (χ2v) is 6.33. The average molecular weight is 330 g/mol. The summed E-state index contributed by atoms with van der Waals surface area (Å²) >= 11 is 0. The summed E-state index contributed by atoms with van der Waals surface area (Å²) in [7, 11) is 0. The number of likely N-dealkylation sites (tertiary alicyclic amines) is 1. The number of nitrogens with zero attached hydrogens (tertiary/aromatic N) is 2. The van der Waals surface area contributed by atoms with Crippen molar-refractivity contribution in [3.05, 3.63) is 29.1 Å². The highest BCUT2D eigenvalue weighted by atomic mass is 19.4. The van der Waals surface area contributed by atoms with E-state index in [9.17, 15) is 13.2 Å². The molecular weight excluding hydrogens is 309 g/mol. The third kappa shape index (κ3) is 4.02. The second-order valence-electron chi connectivity index (χ2n) is 6.33. The highest BCUT2D eigenvalue weighted by Gasteiger charge is 2.38. The maximum absolute atomic E-state index is 13.4. The molecule has 3 rings (SSSR count). The van der Waals surface area contributed by atoms with Crippen molar-refractivity contribution in [3.8, 4) is 0 Å². The van der Waals surface area contributed by atoms with E-state index >= 15 is 0 Å². The SMILES string of the molecule is C[C@H]1CCCN(Cc2cnc(C3OCCO3)c(C(F)(F)F)c2)C1. The monoisotopic (exact) mass is 330 g/mol. The van der Waals surface area contributed by atoms with Crippen LogP contribution in [-0.2, 0) is 22.2 Å². The Hall–Kier alpha value is -1.18. The van der Waals surface area contributed by atoms with E-state index in [1.54, 1.807) is 0 Å². The van der Waals surface area contributed by atoms with Gasteiger partial charge in [0.25, 0.3) is 0 Å². The Morgan fingerprint density at radius 3 is 2.70 bits per heavy atom. The molecule has 2 aliphatic heterocycles. The van der Waals surface area contributed by atoms with Crippen LogP contribution in [0.2, 0.25) is 0 Å². The molecule has 0 spiro atoms. The van der Waals surface area contributed by atoms with Gasteiger partial charge in [0.2, 0.25) is 6.29 Å². The van der Waals surface area contributed by atoms with Crippen LogP contribution in [0.5, 0.6) is 0 Å². The van der Waals surface area contributed by atoms with Gasteiger partial charge in [-0.05, 0) is 36.9 Å². The van der Waals surface area contributed by atoms with Crippen LogP contribution < -0.4 is 0 Å². The molecule has 3 heterocycles. The number of alkyl halides is 3. The molecule has 0 amide bonds. The van der Waals surface area contributed by atoms with Crippen molar-refractivity contribution in [2.45, 2.75) is 38.8 Å². The summed E-state index contributed by atoms with van der Waals surface area (Å²) in [5.74, 6) is 0.582. The Kier molecular flexibility index (Phi) is 4.89. The molecule has 0 N–H and O–H groups in total. The number of hydrogen-bond acceptors (Lipinski definition) is 4. The lowest BCUT2D eigenvalue weighted by atomic mass is 9.99. The van der Waals surface area contributed by atoms with Crippen LogP contribution in [0.15, 0.2) is 12.3 Å². The molecular formula is C16H21F3N2O2. The van der Waals surface area contributed by atoms with E-state index < -0.39 is 18.0 Å². The molecule has 23 heavy (non-hydrogen) atoms. The van der Waals surface area contributed by atoms with Gasteiger partial charge in [-0.25, -0.2) is 0 Å². The highest BCUT2D eigenvalue weighted by Crippen LogP contribution is 2.36. The molecule has 2 aliphatic rings. The molecule has 1 aromatic rings. The van der Waals surface area contributed by atoms with E-state index in [1.807, 2.05) is 0 Å². The molecule has 0 saturated carbocycles. The van der Waals surface area contributed by atoms with Crippen molar-refractivity contribution in [3.63, 3.8) is 0 Å². The summed E-state index contributed by atoms with van der Waals surface area (Å²) in [5.41, 5.74) is -0.356. The maximum atomic E-state index is 13.4.